The summed E-state index contributed by atoms with van der Waals surface area (Å²) in [5, 5.41) is 28.0. The zero-order chi connectivity index (χ0) is 19.3. The lowest BCUT2D eigenvalue weighted by atomic mass is 9.78. The van der Waals surface area contributed by atoms with Crippen LogP contribution in [0.5, 0.6) is 0 Å². The summed E-state index contributed by atoms with van der Waals surface area (Å²) in [5.41, 5.74) is 0.298. The predicted octanol–water partition coefficient (Wildman–Crippen LogP) is 0.292. The van der Waals surface area contributed by atoms with Gasteiger partial charge >= 0.3 is 0 Å². The van der Waals surface area contributed by atoms with Crippen LogP contribution >= 0.6 is 0 Å². The number of aliphatic hydroxyl groups is 2. The van der Waals surface area contributed by atoms with Crippen molar-refractivity contribution in [1.82, 2.24) is 15.4 Å². The number of nitrogens with one attached hydrogen (secondary N) is 1. The zero-order valence-electron chi connectivity index (χ0n) is 16.0. The Morgan fingerprint density at radius 1 is 1.36 bits per heavy atom. The van der Waals surface area contributed by atoms with Crippen molar-refractivity contribution in [3.63, 3.8) is 0 Å². The van der Waals surface area contributed by atoms with E-state index in [0.29, 0.717) is 25.9 Å². The van der Waals surface area contributed by atoms with Crippen LogP contribution in [0.1, 0.15) is 37.8 Å². The van der Waals surface area contributed by atoms with Gasteiger partial charge in [0.2, 0.25) is 5.91 Å². The summed E-state index contributed by atoms with van der Waals surface area (Å²) in [6.07, 6.45) is 4.55. The topological polar surface area (TPSA) is 108 Å². The van der Waals surface area contributed by atoms with E-state index in [1.165, 1.54) is 0 Å². The normalized spacial score (nSPS) is 38.8. The standard InChI is InChI=1S/C20H29N3O5/c24-17-14-10-23(9-12-2-7-27-22-12)11-15(14)18-13(8-16(17)28-18)19(25)21-6-5-20(26)3-1-4-20/h2,7,13-18,24,26H,1,3-6,8-11H2,(H,21,25)/t13?,14-,15+,16+,17+,18-/m1/s1. The molecule has 0 aromatic carbocycles. The first kappa shape index (κ1) is 18.5. The van der Waals surface area contributed by atoms with Gasteiger partial charge in [-0.15, -0.1) is 0 Å². The van der Waals surface area contributed by atoms with E-state index >= 15 is 0 Å². The fraction of sp³-hybridized carbons (Fsp3) is 0.800. The number of carbonyl (C=O) groups excluding carboxylic acids is 1. The van der Waals surface area contributed by atoms with Gasteiger partial charge in [0.1, 0.15) is 6.26 Å². The molecule has 0 spiro atoms. The lowest BCUT2D eigenvalue weighted by Crippen LogP contribution is -2.48. The molecule has 1 unspecified atom stereocenters. The summed E-state index contributed by atoms with van der Waals surface area (Å²) >= 11 is 0. The second kappa shape index (κ2) is 7.09. The van der Waals surface area contributed by atoms with Crippen molar-refractivity contribution in [3.05, 3.63) is 18.0 Å². The van der Waals surface area contributed by atoms with E-state index in [1.54, 1.807) is 6.26 Å². The van der Waals surface area contributed by atoms with Gasteiger partial charge in [0, 0.05) is 44.1 Å². The highest BCUT2D eigenvalue weighted by molar-refractivity contribution is 5.79. The maximum atomic E-state index is 12.8. The molecule has 3 aliphatic heterocycles. The number of aromatic nitrogens is 1. The number of aliphatic hydroxyl groups excluding tert-OH is 1. The van der Waals surface area contributed by atoms with Crippen LogP contribution < -0.4 is 5.32 Å². The number of nitrogens with zero attached hydrogens (tertiary/aromatic N) is 2. The number of hydrogen-bond donors (Lipinski definition) is 3. The van der Waals surface area contributed by atoms with Gasteiger partial charge in [-0.05, 0) is 32.1 Å². The minimum absolute atomic E-state index is 0.00164. The Bertz CT molecular complexity index is 707. The molecule has 8 heteroatoms. The smallest absolute Gasteiger partial charge is 0.225 e. The first-order valence-corrected chi connectivity index (χ1v) is 10.5. The molecule has 4 fully saturated rings. The fourth-order valence-electron chi connectivity index (χ4n) is 5.60. The molecule has 3 saturated heterocycles. The van der Waals surface area contributed by atoms with Crippen LogP contribution in [0.2, 0.25) is 0 Å². The molecular formula is C20H29N3O5. The number of likely N-dealkylation sites (tertiary alicyclic amines) is 1. The highest BCUT2D eigenvalue weighted by Gasteiger charge is 2.57. The number of rotatable bonds is 6. The van der Waals surface area contributed by atoms with Crippen molar-refractivity contribution in [2.75, 3.05) is 19.6 Å². The quantitative estimate of drug-likeness (QED) is 0.640. The molecular weight excluding hydrogens is 362 g/mol. The maximum Gasteiger partial charge on any atom is 0.225 e. The Hall–Kier alpha value is -1.48. The van der Waals surface area contributed by atoms with Gasteiger partial charge in [-0.3, -0.25) is 9.69 Å². The molecule has 3 N–H and O–H groups in total. The Balaban J connectivity index is 1.21. The Kier molecular flexibility index (Phi) is 4.70. The van der Waals surface area contributed by atoms with Crippen LogP contribution in [0.15, 0.2) is 16.9 Å². The fourth-order valence-corrected chi connectivity index (χ4v) is 5.60. The van der Waals surface area contributed by atoms with Gasteiger partial charge in [0.15, 0.2) is 0 Å². The second-order valence-electron chi connectivity index (χ2n) is 9.10. The van der Waals surface area contributed by atoms with Gasteiger partial charge < -0.3 is 24.8 Å². The van der Waals surface area contributed by atoms with Gasteiger partial charge in [-0.25, -0.2) is 0 Å². The second-order valence-corrected chi connectivity index (χ2v) is 9.10. The van der Waals surface area contributed by atoms with Crippen molar-refractivity contribution in [3.8, 4) is 0 Å². The summed E-state index contributed by atoms with van der Waals surface area (Å²) in [6, 6.07) is 1.85. The lowest BCUT2D eigenvalue weighted by Gasteiger charge is -2.37. The zero-order valence-corrected chi connectivity index (χ0v) is 16.0. The van der Waals surface area contributed by atoms with Crippen LogP contribution in [0.4, 0.5) is 0 Å². The monoisotopic (exact) mass is 391 g/mol. The Labute approximate surface area is 164 Å². The number of amides is 1. The molecule has 1 saturated carbocycles. The largest absolute Gasteiger partial charge is 0.390 e. The lowest BCUT2D eigenvalue weighted by molar-refractivity contribution is -0.140. The van der Waals surface area contributed by atoms with Crippen molar-refractivity contribution >= 4 is 5.91 Å². The summed E-state index contributed by atoms with van der Waals surface area (Å²) in [5.74, 6) is 0.0484. The van der Waals surface area contributed by atoms with E-state index in [0.717, 1.165) is 38.0 Å². The third-order valence-corrected chi connectivity index (χ3v) is 7.33. The average molecular weight is 391 g/mol. The Morgan fingerprint density at radius 2 is 2.18 bits per heavy atom. The highest BCUT2D eigenvalue weighted by atomic mass is 16.5. The van der Waals surface area contributed by atoms with Crippen LogP contribution in [-0.4, -0.2) is 69.7 Å². The van der Waals surface area contributed by atoms with Gasteiger partial charge in [0.05, 0.1) is 35.5 Å². The molecule has 4 heterocycles. The first-order valence-electron chi connectivity index (χ1n) is 10.5. The molecule has 1 aromatic heterocycles. The number of ether oxygens (including phenoxy) is 1. The summed E-state index contributed by atoms with van der Waals surface area (Å²) in [4.78, 5) is 15.1. The third-order valence-electron chi connectivity index (χ3n) is 7.33. The van der Waals surface area contributed by atoms with E-state index in [-0.39, 0.29) is 35.9 Å². The third kappa shape index (κ3) is 3.26. The maximum absolute atomic E-state index is 12.8. The average Bonchev–Trinajstić information content (AvgIpc) is 3.37. The van der Waals surface area contributed by atoms with E-state index in [1.807, 2.05) is 6.07 Å². The SMILES string of the molecule is O=C(NCCC1(O)CCC1)C1C[C@@H]2O[C@H]1[C@H]1CN(Cc3ccon3)C[C@H]1[C@@H]2O. The van der Waals surface area contributed by atoms with Crippen molar-refractivity contribution < 1.29 is 24.3 Å². The molecule has 5 rings (SSSR count). The van der Waals surface area contributed by atoms with Gasteiger partial charge in [0.25, 0.3) is 0 Å². The molecule has 1 amide bonds. The van der Waals surface area contributed by atoms with E-state index in [9.17, 15) is 15.0 Å². The number of hydrogen-bond acceptors (Lipinski definition) is 7. The molecule has 8 nitrogen and oxygen atoms in total. The van der Waals surface area contributed by atoms with Gasteiger partial charge in [-0.2, -0.15) is 0 Å². The van der Waals surface area contributed by atoms with Crippen LogP contribution in [0.3, 0.4) is 0 Å². The first-order chi connectivity index (χ1) is 13.5. The molecule has 2 bridgehead atoms. The van der Waals surface area contributed by atoms with E-state index in [4.69, 9.17) is 9.26 Å². The summed E-state index contributed by atoms with van der Waals surface area (Å²) < 4.78 is 11.0. The molecule has 1 aromatic rings. The van der Waals surface area contributed by atoms with E-state index < -0.39 is 11.7 Å². The number of fused-ring (bicyclic) bond motifs is 4. The van der Waals surface area contributed by atoms with Crippen LogP contribution in [0, 0.1) is 17.8 Å². The van der Waals surface area contributed by atoms with Crippen LogP contribution in [0.25, 0.3) is 0 Å². The van der Waals surface area contributed by atoms with Crippen molar-refractivity contribution in [1.29, 1.82) is 0 Å². The summed E-state index contributed by atoms with van der Waals surface area (Å²) in [7, 11) is 0. The van der Waals surface area contributed by atoms with E-state index in [2.05, 4.69) is 15.4 Å². The van der Waals surface area contributed by atoms with Crippen molar-refractivity contribution in [2.24, 2.45) is 17.8 Å². The minimum Gasteiger partial charge on any atom is -0.390 e. The minimum atomic E-state index is -0.580. The predicted molar refractivity (Wildman–Crippen MR) is 98.0 cm³/mol. The molecule has 28 heavy (non-hydrogen) atoms. The Morgan fingerprint density at radius 3 is 2.89 bits per heavy atom. The van der Waals surface area contributed by atoms with Crippen molar-refractivity contribution in [2.45, 2.75) is 62.6 Å². The molecule has 6 atom stereocenters. The molecule has 4 aliphatic rings. The molecule has 154 valence electrons. The highest BCUT2D eigenvalue weighted by Crippen LogP contribution is 2.47. The van der Waals surface area contributed by atoms with Gasteiger partial charge in [-0.1, -0.05) is 5.16 Å². The molecule has 1 aliphatic carbocycles. The summed E-state index contributed by atoms with van der Waals surface area (Å²) in [6.45, 7) is 2.76. The number of carbonyl (C=O) groups is 1. The molecule has 0 radical (unpaired) electrons. The van der Waals surface area contributed by atoms with Crippen LogP contribution in [-0.2, 0) is 16.1 Å².